The van der Waals surface area contributed by atoms with Gasteiger partial charge < -0.3 is 35.0 Å². The van der Waals surface area contributed by atoms with Crippen LogP contribution in [0.4, 0.5) is 26.3 Å². The van der Waals surface area contributed by atoms with Crippen LogP contribution in [-0.4, -0.2) is 83.3 Å². The molecular weight excluding hydrogens is 578 g/mol. The first kappa shape index (κ1) is 31.1. The van der Waals surface area contributed by atoms with Gasteiger partial charge in [0.15, 0.2) is 11.5 Å². The molecule has 0 fully saturated rings. The monoisotopic (exact) mass is 604 g/mol. The van der Waals surface area contributed by atoms with Gasteiger partial charge in [-0.15, -0.1) is 0 Å². The number of carbonyl (C=O) groups is 2. The zero-order chi connectivity index (χ0) is 31.0. The molecule has 0 radical (unpaired) electrons. The third-order valence-corrected chi connectivity index (χ3v) is 6.92. The molecule has 1 heterocycles. The van der Waals surface area contributed by atoms with E-state index in [9.17, 15) is 51.3 Å². The van der Waals surface area contributed by atoms with Crippen LogP contribution in [0.15, 0.2) is 48.0 Å². The molecule has 0 aromatic heterocycles. The summed E-state index contributed by atoms with van der Waals surface area (Å²) in [5, 5.41) is 32.6. The molecule has 15 heteroatoms. The molecule has 2 aromatic carbocycles. The number of nitrogens with zero attached hydrogens (tertiary/aromatic N) is 1. The van der Waals surface area contributed by atoms with Crippen LogP contribution in [0, 0.1) is 0 Å². The Balaban J connectivity index is 1.83. The van der Waals surface area contributed by atoms with Gasteiger partial charge in [0.2, 0.25) is 5.91 Å². The normalized spacial score (nSPS) is 21.5. The number of hydrogen-bond donors (Lipinski definition) is 4. The van der Waals surface area contributed by atoms with E-state index in [0.717, 1.165) is 6.08 Å². The zero-order valence-electron chi connectivity index (χ0n) is 21.9. The molecule has 9 nitrogen and oxygen atoms in total. The average molecular weight is 605 g/mol. The first-order chi connectivity index (χ1) is 19.7. The van der Waals surface area contributed by atoms with Gasteiger partial charge in [0.1, 0.15) is 18.8 Å². The number of rotatable bonds is 8. The average Bonchev–Trinajstić information content (AvgIpc) is 3.33. The molecular formula is C27H26F6N2O7. The fourth-order valence-corrected chi connectivity index (χ4v) is 5.09. The van der Waals surface area contributed by atoms with Crippen LogP contribution in [0.25, 0.3) is 0 Å². The van der Waals surface area contributed by atoms with Gasteiger partial charge in [-0.1, -0.05) is 0 Å². The minimum absolute atomic E-state index is 0.0571. The smallest absolute Gasteiger partial charge is 0.416 e. The first-order valence-electron chi connectivity index (χ1n) is 12.5. The number of methoxy groups -OCH3 is 1. The lowest BCUT2D eigenvalue weighted by Crippen LogP contribution is -2.57. The second-order valence-corrected chi connectivity index (χ2v) is 9.64. The lowest BCUT2D eigenvalue weighted by Gasteiger charge is -2.40. The molecule has 0 saturated carbocycles. The summed E-state index contributed by atoms with van der Waals surface area (Å²) in [6.45, 7) is -3.06. The van der Waals surface area contributed by atoms with Crippen LogP contribution in [0.3, 0.4) is 0 Å². The Hall–Kier alpha value is -3.82. The van der Waals surface area contributed by atoms with E-state index in [-0.39, 0.29) is 34.1 Å². The lowest BCUT2D eigenvalue weighted by atomic mass is 9.77. The van der Waals surface area contributed by atoms with Crippen molar-refractivity contribution in [3.8, 4) is 11.5 Å². The largest absolute Gasteiger partial charge is 0.493 e. The molecule has 0 bridgehead atoms. The number of aliphatic hydroxyl groups is 3. The van der Waals surface area contributed by atoms with E-state index in [1.165, 1.54) is 19.2 Å². The second-order valence-electron chi connectivity index (χ2n) is 9.64. The van der Waals surface area contributed by atoms with Crippen LogP contribution >= 0.6 is 0 Å². The Morgan fingerprint density at radius 3 is 2.29 bits per heavy atom. The molecule has 2 amide bonds. The number of halogens is 6. The quantitative estimate of drug-likeness (QED) is 0.341. The fourth-order valence-electron chi connectivity index (χ4n) is 5.09. The highest BCUT2D eigenvalue weighted by Gasteiger charge is 2.52. The standard InChI is InChI=1S/C27H26F6N2O7/c1-41-19-9-13(11-37)8-16-20-17(24(39)34-6-7-36)10-18(21(38)23(20)42-22(16)19)35(12-26(28,29)30)25(40)14-2-4-15(5-3-14)27(31,32)33/h2-5,8-10,18,20-21,23,36-38H,6-7,11-12H2,1H3,(H,34,39). The molecule has 0 spiro atoms. The predicted molar refractivity (Wildman–Crippen MR) is 133 cm³/mol. The van der Waals surface area contributed by atoms with Crippen LogP contribution in [-0.2, 0) is 17.6 Å². The highest BCUT2D eigenvalue weighted by Crippen LogP contribution is 2.51. The summed E-state index contributed by atoms with van der Waals surface area (Å²) in [6.07, 6.45) is -12.1. The molecule has 4 unspecified atom stereocenters. The zero-order valence-corrected chi connectivity index (χ0v) is 21.9. The van der Waals surface area contributed by atoms with Gasteiger partial charge in [-0.3, -0.25) is 9.59 Å². The van der Waals surface area contributed by atoms with Gasteiger partial charge in [-0.05, 0) is 48.0 Å². The Labute approximate surface area is 234 Å². The number of ether oxygens (including phenoxy) is 2. The van der Waals surface area contributed by atoms with Crippen molar-refractivity contribution >= 4 is 11.8 Å². The molecule has 4 atom stereocenters. The number of fused-ring (bicyclic) bond motifs is 3. The molecule has 0 saturated heterocycles. The Kier molecular flexibility index (Phi) is 8.76. The SMILES string of the molecule is COc1cc(CO)cc2c1OC1C2C(C(=O)NCCO)=CC(N(CC(F)(F)F)C(=O)c2ccc(C(F)(F)F)cc2)C1O. The van der Waals surface area contributed by atoms with Crippen molar-refractivity contribution in [3.63, 3.8) is 0 Å². The van der Waals surface area contributed by atoms with Gasteiger partial charge >= 0.3 is 12.4 Å². The Morgan fingerprint density at radius 2 is 1.74 bits per heavy atom. The number of carbonyl (C=O) groups excluding carboxylic acids is 2. The van der Waals surface area contributed by atoms with E-state index >= 15 is 0 Å². The maximum absolute atomic E-state index is 13.7. The van der Waals surface area contributed by atoms with E-state index < -0.39 is 79.2 Å². The van der Waals surface area contributed by atoms with Crippen molar-refractivity contribution in [2.24, 2.45) is 0 Å². The van der Waals surface area contributed by atoms with Gasteiger partial charge in [-0.2, -0.15) is 26.3 Å². The van der Waals surface area contributed by atoms with Crippen molar-refractivity contribution in [1.82, 2.24) is 10.2 Å². The van der Waals surface area contributed by atoms with Crippen molar-refractivity contribution in [3.05, 3.63) is 70.3 Å². The van der Waals surface area contributed by atoms with Gasteiger partial charge in [0.05, 0.1) is 37.8 Å². The molecule has 1 aliphatic heterocycles. The van der Waals surface area contributed by atoms with Gasteiger partial charge in [-0.25, -0.2) is 0 Å². The number of benzene rings is 2. The van der Waals surface area contributed by atoms with Crippen molar-refractivity contribution in [2.75, 3.05) is 26.8 Å². The predicted octanol–water partition coefficient (Wildman–Crippen LogP) is 2.53. The third kappa shape index (κ3) is 6.17. The van der Waals surface area contributed by atoms with Crippen LogP contribution < -0.4 is 14.8 Å². The maximum atomic E-state index is 13.7. The topological polar surface area (TPSA) is 129 Å². The van der Waals surface area contributed by atoms with Gasteiger partial charge in [0, 0.05) is 23.2 Å². The summed E-state index contributed by atoms with van der Waals surface area (Å²) < 4.78 is 91.5. The minimum Gasteiger partial charge on any atom is -0.493 e. The van der Waals surface area contributed by atoms with Crippen LogP contribution in [0.2, 0.25) is 0 Å². The molecule has 4 rings (SSSR count). The van der Waals surface area contributed by atoms with Crippen LogP contribution in [0.5, 0.6) is 11.5 Å². The number of nitrogens with one attached hydrogen (secondary N) is 1. The molecule has 4 N–H and O–H groups in total. The summed E-state index contributed by atoms with van der Waals surface area (Å²) in [7, 11) is 1.29. The third-order valence-electron chi connectivity index (χ3n) is 6.92. The summed E-state index contributed by atoms with van der Waals surface area (Å²) in [4.78, 5) is 26.8. The number of alkyl halides is 6. The van der Waals surface area contributed by atoms with Crippen molar-refractivity contribution < 1.29 is 60.7 Å². The second kappa shape index (κ2) is 11.8. The molecule has 228 valence electrons. The molecule has 2 aromatic rings. The van der Waals surface area contributed by atoms with Gasteiger partial charge in [0.25, 0.3) is 5.91 Å². The van der Waals surface area contributed by atoms with E-state index in [0.29, 0.717) is 29.8 Å². The fraction of sp³-hybridized carbons (Fsp3) is 0.407. The summed E-state index contributed by atoms with van der Waals surface area (Å²) in [6, 6.07) is 3.59. The van der Waals surface area contributed by atoms with E-state index in [1.54, 1.807) is 0 Å². The number of amides is 2. The molecule has 2 aliphatic rings. The highest BCUT2D eigenvalue weighted by atomic mass is 19.4. The minimum atomic E-state index is -5.01. The van der Waals surface area contributed by atoms with Crippen LogP contribution in [0.1, 0.15) is 33.0 Å². The molecule has 1 aliphatic carbocycles. The Bertz CT molecular complexity index is 1360. The summed E-state index contributed by atoms with van der Waals surface area (Å²) >= 11 is 0. The lowest BCUT2D eigenvalue weighted by molar-refractivity contribution is -0.149. The van der Waals surface area contributed by atoms with E-state index in [2.05, 4.69) is 5.32 Å². The molecule has 42 heavy (non-hydrogen) atoms. The Morgan fingerprint density at radius 1 is 1.07 bits per heavy atom. The van der Waals surface area contributed by atoms with E-state index in [4.69, 9.17) is 9.47 Å². The highest BCUT2D eigenvalue weighted by molar-refractivity contribution is 5.97. The van der Waals surface area contributed by atoms with E-state index in [1.807, 2.05) is 0 Å². The summed E-state index contributed by atoms with van der Waals surface area (Å²) in [5.74, 6) is -3.11. The number of hydrogen-bond acceptors (Lipinski definition) is 7. The first-order valence-corrected chi connectivity index (χ1v) is 12.5. The summed E-state index contributed by atoms with van der Waals surface area (Å²) in [5.41, 5.74) is -1.23. The van der Waals surface area contributed by atoms with Crippen molar-refractivity contribution in [1.29, 1.82) is 0 Å². The maximum Gasteiger partial charge on any atom is 0.416 e. The number of aliphatic hydroxyl groups excluding tert-OH is 3. The van der Waals surface area contributed by atoms with Crippen molar-refractivity contribution in [2.45, 2.75) is 43.1 Å².